The molecule has 1 radical (unpaired) electrons. The van der Waals surface area contributed by atoms with Crippen LogP contribution in [0.3, 0.4) is 0 Å². The number of carboxylic acid groups (broad SMARTS) is 2. The fourth-order valence-corrected chi connectivity index (χ4v) is 0.732. The van der Waals surface area contributed by atoms with Crippen molar-refractivity contribution in [1.82, 2.24) is 0 Å². The first-order chi connectivity index (χ1) is 7.56. The van der Waals surface area contributed by atoms with E-state index in [2.05, 4.69) is 6.58 Å². The topological polar surface area (TPSA) is 74.6 Å². The summed E-state index contributed by atoms with van der Waals surface area (Å²) >= 11 is 0. The summed E-state index contributed by atoms with van der Waals surface area (Å²) in [5.74, 6) is -2.51. The van der Waals surface area contributed by atoms with Crippen molar-refractivity contribution in [2.45, 2.75) is 0 Å². The average molecular weight is 284 g/mol. The molecule has 0 amide bonds. The van der Waals surface area contributed by atoms with Gasteiger partial charge in [0.05, 0.1) is 0 Å². The molecule has 95 valence electrons. The summed E-state index contributed by atoms with van der Waals surface area (Å²) in [6.45, 7) is 3.63. The van der Waals surface area contributed by atoms with Crippen LogP contribution in [0.1, 0.15) is 5.56 Å². The molecule has 0 fully saturated rings. The second-order valence-corrected chi connectivity index (χ2v) is 2.62. The standard InChI is InChI=1S/C8H8.C4H4O4.Cu/c1-2-8-6-4-3-5-7-8;5-3(6)1-2-4(7)8;/h2-7H,1H2;1-2H,(H,5,6)(H,7,8);/b;2-1-;. The van der Waals surface area contributed by atoms with Crippen LogP contribution in [0.2, 0.25) is 0 Å². The molecule has 0 spiro atoms. The van der Waals surface area contributed by atoms with Gasteiger partial charge in [-0.2, -0.15) is 0 Å². The van der Waals surface area contributed by atoms with Crippen molar-refractivity contribution in [1.29, 1.82) is 0 Å². The first-order valence-electron chi connectivity index (χ1n) is 4.37. The Hall–Kier alpha value is -1.84. The smallest absolute Gasteiger partial charge is 0.328 e. The first kappa shape index (κ1) is 17.6. The molecule has 0 aliphatic rings. The molecule has 0 atom stereocenters. The predicted molar refractivity (Wildman–Crippen MR) is 60.9 cm³/mol. The Kier molecular flexibility index (Phi) is 11.0. The molecule has 17 heavy (non-hydrogen) atoms. The summed E-state index contributed by atoms with van der Waals surface area (Å²) in [6, 6.07) is 10.0. The van der Waals surface area contributed by atoms with Crippen LogP contribution in [-0.4, -0.2) is 22.2 Å². The number of hydrogen-bond acceptors (Lipinski definition) is 2. The van der Waals surface area contributed by atoms with Crippen molar-refractivity contribution in [2.24, 2.45) is 0 Å². The van der Waals surface area contributed by atoms with Crippen molar-refractivity contribution in [2.75, 3.05) is 0 Å². The zero-order valence-electron chi connectivity index (χ0n) is 8.84. The van der Waals surface area contributed by atoms with Crippen molar-refractivity contribution in [3.8, 4) is 0 Å². The van der Waals surface area contributed by atoms with Crippen LogP contribution in [-0.2, 0) is 26.7 Å². The maximum absolute atomic E-state index is 9.55. The average Bonchev–Trinajstić information content (AvgIpc) is 2.28. The Balaban J connectivity index is 0. The van der Waals surface area contributed by atoms with Crippen LogP contribution in [0.5, 0.6) is 0 Å². The van der Waals surface area contributed by atoms with E-state index in [0.717, 1.165) is 0 Å². The molecule has 0 aliphatic carbocycles. The normalized spacial score (nSPS) is 8.47. The summed E-state index contributed by atoms with van der Waals surface area (Å²) in [7, 11) is 0. The summed E-state index contributed by atoms with van der Waals surface area (Å²) < 4.78 is 0. The Morgan fingerprint density at radius 2 is 1.41 bits per heavy atom. The van der Waals surface area contributed by atoms with Gasteiger partial charge in [-0.1, -0.05) is 43.0 Å². The van der Waals surface area contributed by atoms with E-state index in [0.29, 0.717) is 12.2 Å². The molecule has 0 aromatic heterocycles. The van der Waals surface area contributed by atoms with Crippen molar-refractivity contribution >= 4 is 18.0 Å². The minimum atomic E-state index is -1.26. The molecular formula is C12H12CuO4. The fourth-order valence-electron chi connectivity index (χ4n) is 0.732. The van der Waals surface area contributed by atoms with E-state index >= 15 is 0 Å². The van der Waals surface area contributed by atoms with Gasteiger partial charge in [0, 0.05) is 29.2 Å². The molecule has 0 aliphatic heterocycles. The number of carboxylic acids is 2. The number of aliphatic carboxylic acids is 2. The third kappa shape index (κ3) is 12.1. The largest absolute Gasteiger partial charge is 0.478 e. The molecule has 0 saturated heterocycles. The summed E-state index contributed by atoms with van der Waals surface area (Å²) in [4.78, 5) is 19.1. The quantitative estimate of drug-likeness (QED) is 0.657. The molecule has 4 nitrogen and oxygen atoms in total. The van der Waals surface area contributed by atoms with Crippen LogP contribution >= 0.6 is 0 Å². The van der Waals surface area contributed by atoms with Crippen LogP contribution in [0.25, 0.3) is 6.08 Å². The molecule has 0 unspecified atom stereocenters. The molecule has 1 rings (SSSR count). The van der Waals surface area contributed by atoms with E-state index in [1.54, 1.807) is 0 Å². The molecular weight excluding hydrogens is 272 g/mol. The third-order valence-electron chi connectivity index (χ3n) is 1.40. The van der Waals surface area contributed by atoms with Gasteiger partial charge in [-0.3, -0.25) is 0 Å². The van der Waals surface area contributed by atoms with Crippen LogP contribution in [0.15, 0.2) is 49.1 Å². The van der Waals surface area contributed by atoms with E-state index in [1.807, 2.05) is 36.4 Å². The molecule has 1 aromatic carbocycles. The summed E-state index contributed by atoms with van der Waals surface area (Å²) in [5.41, 5.74) is 1.17. The van der Waals surface area contributed by atoms with Crippen LogP contribution in [0.4, 0.5) is 0 Å². The van der Waals surface area contributed by atoms with Crippen molar-refractivity contribution in [3.63, 3.8) is 0 Å². The van der Waals surface area contributed by atoms with Gasteiger partial charge in [-0.05, 0) is 5.56 Å². The summed E-state index contributed by atoms with van der Waals surface area (Å²) in [6.07, 6.45) is 2.95. The van der Waals surface area contributed by atoms with Gasteiger partial charge in [-0.15, -0.1) is 0 Å². The zero-order chi connectivity index (χ0) is 12.4. The minimum Gasteiger partial charge on any atom is -0.478 e. The van der Waals surface area contributed by atoms with Gasteiger partial charge in [0.15, 0.2) is 0 Å². The number of carbonyl (C=O) groups is 2. The van der Waals surface area contributed by atoms with Crippen LogP contribution in [0, 0.1) is 0 Å². The van der Waals surface area contributed by atoms with Gasteiger partial charge in [-0.25, -0.2) is 9.59 Å². The van der Waals surface area contributed by atoms with E-state index in [-0.39, 0.29) is 17.1 Å². The summed E-state index contributed by atoms with van der Waals surface area (Å²) in [5, 5.41) is 15.6. The maximum Gasteiger partial charge on any atom is 0.328 e. The van der Waals surface area contributed by atoms with Crippen LogP contribution < -0.4 is 0 Å². The zero-order valence-corrected chi connectivity index (χ0v) is 9.78. The maximum atomic E-state index is 9.55. The molecule has 0 bridgehead atoms. The number of benzene rings is 1. The fraction of sp³-hybridized carbons (Fsp3) is 0. The molecule has 5 heteroatoms. The monoisotopic (exact) mass is 283 g/mol. The van der Waals surface area contributed by atoms with Gasteiger partial charge in [0.1, 0.15) is 0 Å². The van der Waals surface area contributed by atoms with Gasteiger partial charge >= 0.3 is 11.9 Å². The number of rotatable bonds is 3. The van der Waals surface area contributed by atoms with E-state index in [1.165, 1.54) is 5.56 Å². The Bertz CT molecular complexity index is 369. The minimum absolute atomic E-state index is 0. The first-order valence-corrected chi connectivity index (χ1v) is 4.37. The predicted octanol–water partition coefficient (Wildman–Crippen LogP) is 2.04. The second-order valence-electron chi connectivity index (χ2n) is 2.62. The molecule has 2 N–H and O–H groups in total. The van der Waals surface area contributed by atoms with Crippen molar-refractivity contribution < 1.29 is 36.9 Å². The van der Waals surface area contributed by atoms with E-state index in [4.69, 9.17) is 10.2 Å². The Morgan fingerprint density at radius 3 is 1.65 bits per heavy atom. The van der Waals surface area contributed by atoms with Crippen molar-refractivity contribution in [3.05, 3.63) is 54.6 Å². The Morgan fingerprint density at radius 1 is 1.00 bits per heavy atom. The molecule has 0 heterocycles. The Labute approximate surface area is 110 Å². The third-order valence-corrected chi connectivity index (χ3v) is 1.40. The second kappa shape index (κ2) is 10.7. The van der Waals surface area contributed by atoms with Gasteiger partial charge in [0.25, 0.3) is 0 Å². The van der Waals surface area contributed by atoms with E-state index < -0.39 is 11.9 Å². The SMILES string of the molecule is C=Cc1ccccc1.O=C(O)/C=C\C(=O)O.[Cu]. The van der Waals surface area contributed by atoms with E-state index in [9.17, 15) is 9.59 Å². The molecule has 1 aromatic rings. The molecule has 0 saturated carbocycles. The van der Waals surface area contributed by atoms with Gasteiger partial charge in [0.2, 0.25) is 0 Å². The number of hydrogen-bond donors (Lipinski definition) is 2. The van der Waals surface area contributed by atoms with Gasteiger partial charge < -0.3 is 10.2 Å².